The number of carbonyl (C=O) groups is 3. The molecule has 0 aromatic heterocycles. The predicted octanol–water partition coefficient (Wildman–Crippen LogP) is 3.24. The summed E-state index contributed by atoms with van der Waals surface area (Å²) >= 11 is 0. The fourth-order valence-corrected chi connectivity index (χ4v) is 6.53. The van der Waals surface area contributed by atoms with Gasteiger partial charge in [0, 0.05) is 25.7 Å². The van der Waals surface area contributed by atoms with Crippen molar-refractivity contribution in [1.29, 1.82) is 0 Å². The first kappa shape index (κ1) is 28.4. The standard InChI is InChI=1S/C28H44N2O6/c1-6-9-19-35-26(34)22-21-24(32)30(17-12-10-11-13-18-31)23(25(33)29(16-7-2)20(4)5)28(21)15-14-27(22,8-3)36-28/h6-7,20-23,31H,1-2,8-19H2,3-5H3/t21-,22-,23?,27+,28?/m0/s1. The van der Waals surface area contributed by atoms with Crippen LogP contribution in [0, 0.1) is 11.8 Å². The van der Waals surface area contributed by atoms with E-state index in [0.29, 0.717) is 45.2 Å². The van der Waals surface area contributed by atoms with Crippen LogP contribution in [-0.2, 0) is 23.9 Å². The molecule has 8 nitrogen and oxygen atoms in total. The first-order chi connectivity index (χ1) is 17.2. The molecule has 0 radical (unpaired) electrons. The van der Waals surface area contributed by atoms with Gasteiger partial charge in [-0.25, -0.2) is 0 Å². The summed E-state index contributed by atoms with van der Waals surface area (Å²) in [5, 5.41) is 9.09. The smallest absolute Gasteiger partial charge is 0.312 e. The molecule has 5 atom stereocenters. The van der Waals surface area contributed by atoms with Crippen molar-refractivity contribution < 1.29 is 29.0 Å². The molecule has 1 N–H and O–H groups in total. The number of rotatable bonds is 15. The Morgan fingerprint density at radius 3 is 2.56 bits per heavy atom. The number of nitrogens with zero attached hydrogens (tertiary/aromatic N) is 2. The van der Waals surface area contributed by atoms with Crippen LogP contribution < -0.4 is 0 Å². The van der Waals surface area contributed by atoms with Gasteiger partial charge < -0.3 is 24.4 Å². The summed E-state index contributed by atoms with van der Waals surface area (Å²) in [4.78, 5) is 45.0. The zero-order valence-corrected chi connectivity index (χ0v) is 22.2. The number of carbonyl (C=O) groups excluding carboxylic acids is 3. The van der Waals surface area contributed by atoms with Gasteiger partial charge >= 0.3 is 5.97 Å². The Morgan fingerprint density at radius 1 is 1.22 bits per heavy atom. The summed E-state index contributed by atoms with van der Waals surface area (Å²) in [5.41, 5.74) is -1.83. The molecule has 0 aliphatic carbocycles. The van der Waals surface area contributed by atoms with Gasteiger partial charge in [-0.1, -0.05) is 31.9 Å². The fourth-order valence-electron chi connectivity index (χ4n) is 6.53. The molecule has 2 unspecified atom stereocenters. The number of aliphatic hydroxyl groups excluding tert-OH is 1. The fraction of sp³-hybridized carbons (Fsp3) is 0.750. The van der Waals surface area contributed by atoms with E-state index in [2.05, 4.69) is 13.2 Å². The third kappa shape index (κ3) is 4.86. The SMILES string of the molecule is C=CCCOC(=O)[C@@H]1[C@H]2C(=O)N(CCCCCCO)C(C(=O)N(CC=C)C(C)C)C23CC[C@@]1(CC)O3. The molecule has 202 valence electrons. The van der Waals surface area contributed by atoms with Crippen LogP contribution >= 0.6 is 0 Å². The van der Waals surface area contributed by atoms with Gasteiger partial charge in [-0.15, -0.1) is 13.2 Å². The minimum Gasteiger partial charge on any atom is -0.465 e. The van der Waals surface area contributed by atoms with Crippen LogP contribution in [0.3, 0.4) is 0 Å². The third-order valence-electron chi connectivity index (χ3n) is 8.27. The molecule has 3 fully saturated rings. The number of likely N-dealkylation sites (tertiary alicyclic amines) is 1. The van der Waals surface area contributed by atoms with Crippen LogP contribution in [0.4, 0.5) is 0 Å². The highest BCUT2D eigenvalue weighted by molar-refractivity contribution is 5.98. The van der Waals surface area contributed by atoms with E-state index in [4.69, 9.17) is 14.6 Å². The maximum atomic E-state index is 14.1. The number of fused-ring (bicyclic) bond motifs is 1. The maximum absolute atomic E-state index is 14.1. The van der Waals surface area contributed by atoms with Crippen molar-refractivity contribution in [3.63, 3.8) is 0 Å². The van der Waals surface area contributed by atoms with Crippen molar-refractivity contribution in [1.82, 2.24) is 9.80 Å². The van der Waals surface area contributed by atoms with Crippen LogP contribution in [-0.4, -0.2) is 82.3 Å². The van der Waals surface area contributed by atoms with Gasteiger partial charge in [0.05, 0.1) is 18.1 Å². The third-order valence-corrected chi connectivity index (χ3v) is 8.27. The van der Waals surface area contributed by atoms with Crippen molar-refractivity contribution in [2.24, 2.45) is 11.8 Å². The van der Waals surface area contributed by atoms with E-state index in [0.717, 1.165) is 19.3 Å². The molecule has 0 aromatic rings. The average molecular weight is 505 g/mol. The van der Waals surface area contributed by atoms with Crippen molar-refractivity contribution in [2.45, 2.75) is 95.4 Å². The lowest BCUT2D eigenvalue weighted by molar-refractivity contribution is -0.162. The van der Waals surface area contributed by atoms with Gasteiger partial charge in [0.2, 0.25) is 11.8 Å². The second kappa shape index (κ2) is 11.9. The minimum atomic E-state index is -1.04. The molecule has 2 bridgehead atoms. The summed E-state index contributed by atoms with van der Waals surface area (Å²) in [6.45, 7) is 14.5. The number of hydrogen-bond donors (Lipinski definition) is 1. The number of hydrogen-bond acceptors (Lipinski definition) is 6. The van der Waals surface area contributed by atoms with Crippen molar-refractivity contribution in [2.75, 3.05) is 26.3 Å². The summed E-state index contributed by atoms with van der Waals surface area (Å²) in [7, 11) is 0. The van der Waals surface area contributed by atoms with E-state index >= 15 is 0 Å². The summed E-state index contributed by atoms with van der Waals surface area (Å²) in [6.07, 6.45) is 8.80. The molecule has 36 heavy (non-hydrogen) atoms. The summed E-state index contributed by atoms with van der Waals surface area (Å²) in [6, 6.07) is -0.861. The van der Waals surface area contributed by atoms with Gasteiger partial charge in [0.15, 0.2) is 0 Å². The van der Waals surface area contributed by atoms with E-state index in [1.165, 1.54) is 0 Å². The Hall–Kier alpha value is -2.19. The summed E-state index contributed by atoms with van der Waals surface area (Å²) < 4.78 is 12.3. The number of unbranched alkanes of at least 4 members (excludes halogenated alkanes) is 3. The zero-order valence-electron chi connectivity index (χ0n) is 22.2. The normalized spacial score (nSPS) is 30.5. The molecular weight excluding hydrogens is 460 g/mol. The van der Waals surface area contributed by atoms with Crippen molar-refractivity contribution >= 4 is 17.8 Å². The lowest BCUT2D eigenvalue weighted by Gasteiger charge is -2.38. The molecule has 8 heteroatoms. The number of ether oxygens (including phenoxy) is 2. The van der Waals surface area contributed by atoms with Crippen molar-refractivity contribution in [3.05, 3.63) is 25.3 Å². The van der Waals surface area contributed by atoms with Crippen LogP contribution in [0.2, 0.25) is 0 Å². The van der Waals surface area contributed by atoms with Gasteiger partial charge in [0.25, 0.3) is 0 Å². The van der Waals surface area contributed by atoms with Crippen LogP contribution in [0.1, 0.15) is 72.1 Å². The number of esters is 1. The molecule has 3 rings (SSSR count). The molecule has 0 aromatic carbocycles. The van der Waals surface area contributed by atoms with Gasteiger partial charge in [-0.2, -0.15) is 0 Å². The molecule has 3 saturated heterocycles. The van der Waals surface area contributed by atoms with E-state index in [1.54, 1.807) is 22.0 Å². The Bertz CT molecular complexity index is 844. The largest absolute Gasteiger partial charge is 0.465 e. The topological polar surface area (TPSA) is 96.4 Å². The number of amides is 2. The maximum Gasteiger partial charge on any atom is 0.312 e. The monoisotopic (exact) mass is 504 g/mol. The Balaban J connectivity index is 1.99. The average Bonchev–Trinajstić information content (AvgIpc) is 3.45. The van der Waals surface area contributed by atoms with E-state index < -0.39 is 35.0 Å². The molecule has 2 amide bonds. The molecular formula is C28H44N2O6. The lowest BCUT2D eigenvalue weighted by atomic mass is 9.65. The quantitative estimate of drug-likeness (QED) is 0.209. The van der Waals surface area contributed by atoms with Gasteiger partial charge in [-0.3, -0.25) is 14.4 Å². The highest BCUT2D eigenvalue weighted by Gasteiger charge is 2.79. The summed E-state index contributed by atoms with van der Waals surface area (Å²) in [5.74, 6) is -2.20. The highest BCUT2D eigenvalue weighted by atomic mass is 16.6. The van der Waals surface area contributed by atoms with Crippen LogP contribution in [0.25, 0.3) is 0 Å². The predicted molar refractivity (Wildman–Crippen MR) is 137 cm³/mol. The molecule has 1 spiro atoms. The van der Waals surface area contributed by atoms with E-state index in [1.807, 2.05) is 20.8 Å². The van der Waals surface area contributed by atoms with Gasteiger partial charge in [-0.05, 0) is 52.4 Å². The minimum absolute atomic E-state index is 0.0779. The highest BCUT2D eigenvalue weighted by Crippen LogP contribution is 2.64. The Kier molecular flexibility index (Phi) is 9.39. The van der Waals surface area contributed by atoms with E-state index in [9.17, 15) is 14.4 Å². The first-order valence-electron chi connectivity index (χ1n) is 13.5. The molecule has 3 aliphatic rings. The lowest BCUT2D eigenvalue weighted by Crippen LogP contribution is -2.57. The zero-order chi connectivity index (χ0) is 26.5. The number of aliphatic hydroxyl groups is 1. The molecule has 0 saturated carbocycles. The van der Waals surface area contributed by atoms with Gasteiger partial charge in [0.1, 0.15) is 17.6 Å². The Morgan fingerprint density at radius 2 is 1.94 bits per heavy atom. The molecule has 3 heterocycles. The Labute approximate surface area is 215 Å². The second-order valence-electron chi connectivity index (χ2n) is 10.6. The van der Waals surface area contributed by atoms with Crippen LogP contribution in [0.5, 0.6) is 0 Å². The first-order valence-corrected chi connectivity index (χ1v) is 13.5. The van der Waals surface area contributed by atoms with Crippen LogP contribution in [0.15, 0.2) is 25.3 Å². The second-order valence-corrected chi connectivity index (χ2v) is 10.6. The van der Waals surface area contributed by atoms with Crippen molar-refractivity contribution in [3.8, 4) is 0 Å². The molecule has 3 aliphatic heterocycles. The van der Waals surface area contributed by atoms with E-state index in [-0.39, 0.29) is 31.1 Å².